The van der Waals surface area contributed by atoms with Gasteiger partial charge in [-0.1, -0.05) is 17.7 Å². The topological polar surface area (TPSA) is 83.6 Å². The summed E-state index contributed by atoms with van der Waals surface area (Å²) in [6, 6.07) is 7.20. The van der Waals surface area contributed by atoms with E-state index >= 15 is 0 Å². The Morgan fingerprint density at radius 3 is 2.31 bits per heavy atom. The van der Waals surface area contributed by atoms with Crippen LogP contribution in [0.25, 0.3) is 0 Å². The first-order valence-corrected chi connectivity index (χ1v) is 10.7. The quantitative estimate of drug-likeness (QED) is 0.550. The van der Waals surface area contributed by atoms with E-state index in [0.29, 0.717) is 0 Å². The first-order chi connectivity index (χ1) is 13.5. The van der Waals surface area contributed by atoms with Gasteiger partial charge < -0.3 is 5.32 Å². The highest BCUT2D eigenvalue weighted by Gasteiger charge is 2.49. The van der Waals surface area contributed by atoms with E-state index < -0.39 is 38.9 Å². The number of hydrogen-bond acceptors (Lipinski definition) is 4. The fourth-order valence-corrected chi connectivity index (χ4v) is 4.80. The fraction of sp³-hybridized carbons (Fsp3) is 0.263. The van der Waals surface area contributed by atoms with Crippen molar-refractivity contribution >= 4 is 33.4 Å². The van der Waals surface area contributed by atoms with Crippen molar-refractivity contribution in [2.24, 2.45) is 0 Å². The van der Waals surface area contributed by atoms with Crippen molar-refractivity contribution in [1.29, 1.82) is 0 Å². The molecular weight excluding hydrogens is 426 g/mol. The molecule has 0 saturated carbocycles. The van der Waals surface area contributed by atoms with Crippen LogP contribution in [0.3, 0.4) is 0 Å². The molecule has 1 aliphatic rings. The minimum atomic E-state index is -3.70. The predicted octanol–water partition coefficient (Wildman–Crippen LogP) is 3.25. The summed E-state index contributed by atoms with van der Waals surface area (Å²) < 4.78 is 50.9. The minimum Gasteiger partial charge on any atom is -0.319 e. The van der Waals surface area contributed by atoms with E-state index in [1.54, 1.807) is 0 Å². The van der Waals surface area contributed by atoms with Crippen molar-refractivity contribution in [1.82, 2.24) is 10.2 Å². The molecule has 1 unspecified atom stereocenters. The molecule has 1 fully saturated rings. The van der Waals surface area contributed by atoms with Crippen molar-refractivity contribution in [3.05, 3.63) is 64.7 Å². The number of hydrogen-bond donors (Lipinski definition) is 1. The molecule has 3 rings (SSSR count). The number of carbonyl (C=O) groups is 2. The highest BCUT2D eigenvalue weighted by molar-refractivity contribution is 7.91. The molecule has 0 aromatic heterocycles. The summed E-state index contributed by atoms with van der Waals surface area (Å²) in [5, 5.41) is 2.52. The van der Waals surface area contributed by atoms with E-state index in [4.69, 9.17) is 11.6 Å². The van der Waals surface area contributed by atoms with Crippen LogP contribution in [0.15, 0.2) is 47.4 Å². The molecule has 1 atom stereocenters. The smallest absolute Gasteiger partial charge is 0.319 e. The normalized spacial score (nSPS) is 19.5. The van der Waals surface area contributed by atoms with Crippen molar-refractivity contribution in [2.45, 2.75) is 23.8 Å². The molecule has 29 heavy (non-hydrogen) atoms. The van der Waals surface area contributed by atoms with Gasteiger partial charge in [-0.25, -0.2) is 22.0 Å². The molecule has 1 N–H and O–H groups in total. The standard InChI is InChI=1S/C19H17ClF2N2O4S/c1-19(15-8-5-13(22)11-16(15)20)17(25)24(18(26)23-19)9-2-10-29(27,28)14-6-3-12(21)4-7-14/h3-8,11H,2,9-10H2,1H3,(H,23,26). The van der Waals surface area contributed by atoms with Crippen LogP contribution in [0.4, 0.5) is 13.6 Å². The summed E-state index contributed by atoms with van der Waals surface area (Å²) in [7, 11) is -3.70. The highest BCUT2D eigenvalue weighted by atomic mass is 35.5. The Balaban J connectivity index is 1.71. The Labute approximate surface area is 171 Å². The Kier molecular flexibility index (Phi) is 5.64. The van der Waals surface area contributed by atoms with Gasteiger partial charge in [0.2, 0.25) is 0 Å². The zero-order chi connectivity index (χ0) is 21.4. The average Bonchev–Trinajstić information content (AvgIpc) is 2.85. The lowest BCUT2D eigenvalue weighted by atomic mass is 9.92. The Bertz CT molecular complexity index is 1080. The van der Waals surface area contributed by atoms with Crippen LogP contribution >= 0.6 is 11.6 Å². The van der Waals surface area contributed by atoms with Gasteiger partial charge in [0.25, 0.3) is 5.91 Å². The fourth-order valence-electron chi connectivity index (χ4n) is 3.15. The molecule has 0 radical (unpaired) electrons. The zero-order valence-electron chi connectivity index (χ0n) is 15.3. The number of benzene rings is 2. The molecule has 6 nitrogen and oxygen atoms in total. The summed E-state index contributed by atoms with van der Waals surface area (Å²) in [5.41, 5.74) is -1.25. The lowest BCUT2D eigenvalue weighted by Crippen LogP contribution is -2.41. The van der Waals surface area contributed by atoms with Gasteiger partial charge in [-0.05, 0) is 49.7 Å². The van der Waals surface area contributed by atoms with E-state index in [1.165, 1.54) is 13.0 Å². The van der Waals surface area contributed by atoms with Gasteiger partial charge in [0.15, 0.2) is 9.84 Å². The summed E-state index contributed by atoms with van der Waals surface area (Å²) in [6.45, 7) is 1.31. The third kappa shape index (κ3) is 4.11. The summed E-state index contributed by atoms with van der Waals surface area (Å²) in [5.74, 6) is -2.08. The number of carbonyl (C=O) groups excluding carboxylic acids is 2. The van der Waals surface area contributed by atoms with Crippen LogP contribution in [-0.4, -0.2) is 37.6 Å². The maximum Gasteiger partial charge on any atom is 0.325 e. The molecule has 1 saturated heterocycles. The van der Waals surface area contributed by atoms with Crippen LogP contribution in [-0.2, 0) is 20.2 Å². The Morgan fingerprint density at radius 1 is 1.07 bits per heavy atom. The Morgan fingerprint density at radius 2 is 1.69 bits per heavy atom. The SMILES string of the molecule is CC1(c2ccc(F)cc2Cl)NC(=O)N(CCCS(=O)(=O)c2ccc(F)cc2)C1=O. The van der Waals surface area contributed by atoms with Crippen molar-refractivity contribution in [2.75, 3.05) is 12.3 Å². The molecule has 0 spiro atoms. The number of nitrogens with one attached hydrogen (secondary N) is 1. The molecule has 0 aliphatic carbocycles. The largest absolute Gasteiger partial charge is 0.325 e. The second kappa shape index (κ2) is 7.72. The summed E-state index contributed by atoms with van der Waals surface area (Å²) >= 11 is 6.04. The Hall–Kier alpha value is -2.52. The van der Waals surface area contributed by atoms with E-state index in [0.717, 1.165) is 41.3 Å². The molecule has 154 valence electrons. The number of halogens is 3. The minimum absolute atomic E-state index is 0.00784. The van der Waals surface area contributed by atoms with Crippen molar-refractivity contribution < 1.29 is 26.8 Å². The monoisotopic (exact) mass is 442 g/mol. The van der Waals surface area contributed by atoms with Gasteiger partial charge in [-0.2, -0.15) is 0 Å². The number of imide groups is 1. The van der Waals surface area contributed by atoms with Crippen LogP contribution in [0.5, 0.6) is 0 Å². The van der Waals surface area contributed by atoms with Gasteiger partial charge in [-0.15, -0.1) is 0 Å². The molecule has 2 aromatic rings. The van der Waals surface area contributed by atoms with Crippen LogP contribution in [0.2, 0.25) is 5.02 Å². The highest BCUT2D eigenvalue weighted by Crippen LogP contribution is 2.34. The number of amides is 3. The van der Waals surface area contributed by atoms with Gasteiger partial charge in [-0.3, -0.25) is 9.69 Å². The van der Waals surface area contributed by atoms with E-state index in [-0.39, 0.29) is 34.2 Å². The third-order valence-corrected chi connectivity index (χ3v) is 6.84. The van der Waals surface area contributed by atoms with E-state index in [1.807, 2.05) is 0 Å². The first kappa shape index (κ1) is 21.2. The van der Waals surface area contributed by atoms with Crippen LogP contribution < -0.4 is 5.32 Å². The molecule has 0 bridgehead atoms. The number of nitrogens with zero attached hydrogens (tertiary/aromatic N) is 1. The van der Waals surface area contributed by atoms with Crippen molar-refractivity contribution in [3.63, 3.8) is 0 Å². The summed E-state index contributed by atoms with van der Waals surface area (Å²) in [4.78, 5) is 26.0. The molecular formula is C19H17ClF2N2O4S. The lowest BCUT2D eigenvalue weighted by Gasteiger charge is -2.23. The maximum atomic E-state index is 13.3. The van der Waals surface area contributed by atoms with Gasteiger partial charge in [0, 0.05) is 17.1 Å². The third-order valence-electron chi connectivity index (χ3n) is 4.71. The molecule has 2 aromatic carbocycles. The van der Waals surface area contributed by atoms with Gasteiger partial charge in [0.05, 0.1) is 10.6 Å². The number of sulfone groups is 1. The zero-order valence-corrected chi connectivity index (χ0v) is 16.9. The van der Waals surface area contributed by atoms with Gasteiger partial charge >= 0.3 is 6.03 Å². The second-order valence-electron chi connectivity index (χ2n) is 6.76. The number of rotatable bonds is 6. The van der Waals surface area contributed by atoms with Crippen LogP contribution in [0.1, 0.15) is 18.9 Å². The first-order valence-electron chi connectivity index (χ1n) is 8.62. The van der Waals surface area contributed by atoms with Crippen LogP contribution in [0, 0.1) is 11.6 Å². The second-order valence-corrected chi connectivity index (χ2v) is 9.28. The van der Waals surface area contributed by atoms with E-state index in [2.05, 4.69) is 5.32 Å². The maximum absolute atomic E-state index is 13.3. The van der Waals surface area contributed by atoms with Gasteiger partial charge in [0.1, 0.15) is 17.2 Å². The predicted molar refractivity (Wildman–Crippen MR) is 102 cm³/mol. The molecule has 3 amide bonds. The molecule has 1 heterocycles. The average molecular weight is 443 g/mol. The van der Waals surface area contributed by atoms with E-state index in [9.17, 15) is 26.8 Å². The number of urea groups is 1. The lowest BCUT2D eigenvalue weighted by molar-refractivity contribution is -0.131. The molecule has 10 heteroatoms. The summed E-state index contributed by atoms with van der Waals surface area (Å²) in [6.07, 6.45) is -0.00784. The molecule has 1 aliphatic heterocycles. The van der Waals surface area contributed by atoms with Crippen molar-refractivity contribution in [3.8, 4) is 0 Å².